The quantitative estimate of drug-likeness (QED) is 0.300. The van der Waals surface area contributed by atoms with E-state index in [1.54, 1.807) is 6.92 Å². The van der Waals surface area contributed by atoms with Crippen molar-refractivity contribution in [1.29, 1.82) is 0 Å². The van der Waals surface area contributed by atoms with Crippen LogP contribution < -0.4 is 14.5 Å². The molecule has 0 radical (unpaired) electrons. The van der Waals surface area contributed by atoms with Crippen molar-refractivity contribution < 1.29 is 31.5 Å². The van der Waals surface area contributed by atoms with Crippen LogP contribution in [-0.4, -0.2) is 57.7 Å². The van der Waals surface area contributed by atoms with Crippen molar-refractivity contribution in [3.8, 4) is 5.75 Å². The van der Waals surface area contributed by atoms with Crippen LogP contribution in [0, 0.1) is 29.1 Å². The van der Waals surface area contributed by atoms with Crippen molar-refractivity contribution in [3.05, 3.63) is 52.8 Å². The smallest absolute Gasteiger partial charge is 0.264 e. The van der Waals surface area contributed by atoms with Crippen molar-refractivity contribution in [2.45, 2.75) is 32.2 Å². The fraction of sp³-hybridized carbons (Fsp3) is 0.458. The van der Waals surface area contributed by atoms with Crippen LogP contribution in [0.15, 0.2) is 18.2 Å². The van der Waals surface area contributed by atoms with E-state index in [1.165, 1.54) is 12.1 Å². The first-order chi connectivity index (χ1) is 16.1. The van der Waals surface area contributed by atoms with Crippen LogP contribution in [0.1, 0.15) is 36.5 Å². The normalized spacial score (nSPS) is 15.8. The number of benzene rings is 2. The van der Waals surface area contributed by atoms with Gasteiger partial charge in [0.2, 0.25) is 11.6 Å². The minimum absolute atomic E-state index is 0.0301. The number of unbranched alkanes of at least 4 members (excludes halogenated alkanes) is 1. The molecule has 10 heteroatoms. The molecule has 1 unspecified atom stereocenters. The molecule has 0 bridgehead atoms. The van der Waals surface area contributed by atoms with E-state index in [0.717, 1.165) is 24.4 Å². The summed E-state index contributed by atoms with van der Waals surface area (Å²) in [6.07, 6.45) is 1.92. The fourth-order valence-electron chi connectivity index (χ4n) is 3.87. The van der Waals surface area contributed by atoms with Gasteiger partial charge in [-0.25, -0.2) is 13.2 Å². The molecule has 34 heavy (non-hydrogen) atoms. The molecule has 0 aromatic heterocycles. The van der Waals surface area contributed by atoms with E-state index in [9.17, 15) is 26.7 Å². The van der Waals surface area contributed by atoms with E-state index in [2.05, 4.69) is 4.90 Å². The number of nitrogens with zero attached hydrogens (tertiary/aromatic N) is 3. The highest BCUT2D eigenvalue weighted by atomic mass is 19.2. The predicted molar refractivity (Wildman–Crippen MR) is 120 cm³/mol. The van der Waals surface area contributed by atoms with Gasteiger partial charge >= 0.3 is 0 Å². The first kappa shape index (κ1) is 25.7. The van der Waals surface area contributed by atoms with Crippen LogP contribution in [0.5, 0.6) is 5.75 Å². The lowest BCUT2D eigenvalue weighted by atomic mass is 10.1. The lowest BCUT2D eigenvalue weighted by Crippen LogP contribution is -2.32. The van der Waals surface area contributed by atoms with E-state index in [0.29, 0.717) is 31.6 Å². The third kappa shape index (κ3) is 4.96. The maximum Gasteiger partial charge on any atom is 0.264 e. The first-order valence-electron chi connectivity index (χ1n) is 11.1. The van der Waals surface area contributed by atoms with Crippen LogP contribution in [0.3, 0.4) is 0 Å². The fourth-order valence-corrected chi connectivity index (χ4v) is 3.87. The SMILES string of the molecule is CCCCOc1c(F)c(F)c(C(=O)N(C)c2ccc(N3CCC(N(C)C)C3)c(F)c2)c(F)c1F. The highest BCUT2D eigenvalue weighted by molar-refractivity contribution is 6.06. The number of anilines is 2. The average molecular weight is 485 g/mol. The molecule has 2 aromatic rings. The minimum atomic E-state index is -1.87. The van der Waals surface area contributed by atoms with Crippen molar-refractivity contribution in [2.75, 3.05) is 50.6 Å². The zero-order chi connectivity index (χ0) is 25.2. The molecule has 1 heterocycles. The summed E-state index contributed by atoms with van der Waals surface area (Å²) < 4.78 is 77.7. The minimum Gasteiger partial charge on any atom is -0.487 e. The number of hydrogen-bond acceptors (Lipinski definition) is 4. The van der Waals surface area contributed by atoms with Gasteiger partial charge in [0.1, 0.15) is 11.4 Å². The Morgan fingerprint density at radius 2 is 1.71 bits per heavy atom. The molecule has 1 aliphatic rings. The summed E-state index contributed by atoms with van der Waals surface area (Å²) in [5.74, 6) is -10.5. The Morgan fingerprint density at radius 3 is 2.24 bits per heavy atom. The van der Waals surface area contributed by atoms with Crippen LogP contribution in [0.2, 0.25) is 0 Å². The molecule has 1 atom stereocenters. The molecule has 0 N–H and O–H groups in total. The summed E-state index contributed by atoms with van der Waals surface area (Å²) in [5, 5.41) is 0. The van der Waals surface area contributed by atoms with Crippen LogP contribution in [0.4, 0.5) is 33.3 Å². The van der Waals surface area contributed by atoms with Gasteiger partial charge in [0.25, 0.3) is 5.91 Å². The topological polar surface area (TPSA) is 36.0 Å². The van der Waals surface area contributed by atoms with Gasteiger partial charge in [-0.1, -0.05) is 13.3 Å². The van der Waals surface area contributed by atoms with E-state index in [4.69, 9.17) is 4.74 Å². The lowest BCUT2D eigenvalue weighted by Gasteiger charge is -2.24. The number of ether oxygens (including phenoxy) is 1. The highest BCUT2D eigenvalue weighted by Crippen LogP contribution is 2.33. The molecule has 0 saturated carbocycles. The van der Waals surface area contributed by atoms with Crippen LogP contribution in [0.25, 0.3) is 0 Å². The van der Waals surface area contributed by atoms with Gasteiger partial charge in [0.15, 0.2) is 17.4 Å². The number of halogens is 5. The van der Waals surface area contributed by atoms with Gasteiger partial charge in [-0.15, -0.1) is 0 Å². The first-order valence-corrected chi connectivity index (χ1v) is 11.1. The van der Waals surface area contributed by atoms with Gasteiger partial charge in [-0.3, -0.25) is 4.79 Å². The molecule has 3 rings (SSSR count). The summed E-state index contributed by atoms with van der Waals surface area (Å²) in [4.78, 5) is 17.4. The summed E-state index contributed by atoms with van der Waals surface area (Å²) >= 11 is 0. The molecule has 1 amide bonds. The number of likely N-dealkylation sites (N-methyl/N-ethyl adjacent to an activating group) is 1. The zero-order valence-electron chi connectivity index (χ0n) is 19.6. The molecule has 186 valence electrons. The van der Waals surface area contributed by atoms with Gasteiger partial charge < -0.3 is 19.4 Å². The number of carbonyl (C=O) groups excluding carboxylic acids is 1. The molecule has 1 aliphatic heterocycles. The second-order valence-corrected chi connectivity index (χ2v) is 8.51. The highest BCUT2D eigenvalue weighted by Gasteiger charge is 2.33. The summed E-state index contributed by atoms with van der Waals surface area (Å²) in [5.41, 5.74) is -1.12. The van der Waals surface area contributed by atoms with Gasteiger partial charge in [-0.2, -0.15) is 8.78 Å². The summed E-state index contributed by atoms with van der Waals surface area (Å²) in [7, 11) is 5.03. The third-order valence-corrected chi connectivity index (χ3v) is 6.04. The van der Waals surface area contributed by atoms with Gasteiger partial charge in [0.05, 0.1) is 12.3 Å². The molecular weight excluding hydrogens is 457 g/mol. The van der Waals surface area contributed by atoms with Crippen molar-refractivity contribution in [3.63, 3.8) is 0 Å². The van der Waals surface area contributed by atoms with Crippen molar-refractivity contribution in [2.24, 2.45) is 0 Å². The van der Waals surface area contributed by atoms with Crippen molar-refractivity contribution >= 4 is 17.3 Å². The number of carbonyl (C=O) groups is 1. The molecule has 1 saturated heterocycles. The number of amides is 1. The lowest BCUT2D eigenvalue weighted by molar-refractivity contribution is 0.0981. The molecule has 0 aliphatic carbocycles. The maximum atomic E-state index is 14.9. The molecule has 2 aromatic carbocycles. The predicted octanol–water partition coefficient (Wildman–Crippen LogP) is 4.98. The Kier molecular flexibility index (Phi) is 8.01. The monoisotopic (exact) mass is 485 g/mol. The second kappa shape index (κ2) is 10.6. The van der Waals surface area contributed by atoms with E-state index in [-0.39, 0.29) is 18.3 Å². The van der Waals surface area contributed by atoms with Crippen LogP contribution >= 0.6 is 0 Å². The Balaban J connectivity index is 1.86. The Bertz CT molecular complexity index is 1030. The third-order valence-electron chi connectivity index (χ3n) is 6.04. The van der Waals surface area contributed by atoms with E-state index in [1.807, 2.05) is 19.0 Å². The summed E-state index contributed by atoms with van der Waals surface area (Å²) in [6.45, 7) is 2.93. The molecule has 0 spiro atoms. The zero-order valence-corrected chi connectivity index (χ0v) is 19.6. The Morgan fingerprint density at radius 1 is 1.06 bits per heavy atom. The number of hydrogen-bond donors (Lipinski definition) is 0. The number of rotatable bonds is 8. The molecule has 5 nitrogen and oxygen atoms in total. The second-order valence-electron chi connectivity index (χ2n) is 8.51. The van der Waals surface area contributed by atoms with E-state index >= 15 is 0 Å². The van der Waals surface area contributed by atoms with Gasteiger partial charge in [0, 0.05) is 31.9 Å². The van der Waals surface area contributed by atoms with Crippen molar-refractivity contribution in [1.82, 2.24) is 4.90 Å². The largest absolute Gasteiger partial charge is 0.487 e. The maximum absolute atomic E-state index is 14.9. The van der Waals surface area contributed by atoms with E-state index < -0.39 is 46.3 Å². The summed E-state index contributed by atoms with van der Waals surface area (Å²) in [6, 6.07) is 4.18. The van der Waals surface area contributed by atoms with Gasteiger partial charge in [-0.05, 0) is 45.1 Å². The van der Waals surface area contributed by atoms with Crippen LogP contribution in [-0.2, 0) is 0 Å². The molecule has 1 fully saturated rings. The Labute approximate surface area is 195 Å². The molecular formula is C24H28F5N3O2. The standard InChI is InChI=1S/C24H28F5N3O2/c1-5-6-11-34-23-21(28)19(26)18(20(27)22(23)29)24(33)31(4)14-7-8-17(16(25)12-14)32-10-9-15(13-32)30(2)3/h7-8,12,15H,5-6,9-11,13H2,1-4H3. The average Bonchev–Trinajstić information content (AvgIpc) is 3.30. The Hall–Kier alpha value is -2.88.